The molecule has 0 saturated carbocycles. The van der Waals surface area contributed by atoms with Gasteiger partial charge in [-0.3, -0.25) is 9.59 Å². The van der Waals surface area contributed by atoms with Gasteiger partial charge in [-0.05, 0) is 47.0 Å². The van der Waals surface area contributed by atoms with Gasteiger partial charge >= 0.3 is 0 Å². The van der Waals surface area contributed by atoms with Gasteiger partial charge in [0.2, 0.25) is 0 Å². The van der Waals surface area contributed by atoms with Crippen molar-refractivity contribution in [3.63, 3.8) is 0 Å². The fourth-order valence-corrected chi connectivity index (χ4v) is 6.42. The highest BCUT2D eigenvalue weighted by Crippen LogP contribution is 2.41. The molecule has 0 saturated heterocycles. The van der Waals surface area contributed by atoms with E-state index in [0.717, 1.165) is 44.1 Å². The maximum Gasteiger partial charge on any atom is 0.268 e. The lowest BCUT2D eigenvalue weighted by atomic mass is 10.0. The van der Waals surface area contributed by atoms with E-state index in [1.54, 1.807) is 6.07 Å². The molecule has 2 amide bonds. The van der Waals surface area contributed by atoms with Crippen LogP contribution in [0.1, 0.15) is 20.7 Å². The van der Waals surface area contributed by atoms with E-state index in [2.05, 4.69) is 27.6 Å². The van der Waals surface area contributed by atoms with Crippen LogP contribution in [0.15, 0.2) is 140 Å². The molecule has 5 nitrogen and oxygen atoms in total. The van der Waals surface area contributed by atoms with Gasteiger partial charge in [0.25, 0.3) is 11.8 Å². The first-order valence-corrected chi connectivity index (χ1v) is 14.3. The smallest absolute Gasteiger partial charge is 0.268 e. The van der Waals surface area contributed by atoms with E-state index in [1.165, 1.54) is 4.90 Å². The van der Waals surface area contributed by atoms with Crippen molar-refractivity contribution in [1.29, 1.82) is 0 Å². The number of imide groups is 1. The van der Waals surface area contributed by atoms with Crippen LogP contribution in [0.2, 0.25) is 0 Å². The van der Waals surface area contributed by atoms with Gasteiger partial charge in [-0.25, -0.2) is 9.74 Å². The molecule has 0 fully saturated rings. The zero-order valence-corrected chi connectivity index (χ0v) is 23.4. The number of rotatable bonds is 4. The SMILES string of the molecule is [C-]#[N+]c1ccccc1-c1ccc2c3ccccc3n(-c3cccc4c3C(=O)N(c3ccccc3-c3ccccc3)C4=O)c2c1. The van der Waals surface area contributed by atoms with Gasteiger partial charge in [0, 0.05) is 16.3 Å². The van der Waals surface area contributed by atoms with Gasteiger partial charge < -0.3 is 4.57 Å². The first kappa shape index (κ1) is 25.5. The topological polar surface area (TPSA) is 46.7 Å². The molecule has 0 spiro atoms. The normalized spacial score (nSPS) is 12.6. The maximum absolute atomic E-state index is 14.4. The minimum Gasteiger partial charge on any atom is -0.308 e. The molecular formula is C39H23N3O2. The van der Waals surface area contributed by atoms with Crippen molar-refractivity contribution >= 4 is 45.0 Å². The van der Waals surface area contributed by atoms with Crippen LogP contribution in [0, 0.1) is 6.57 Å². The Bertz CT molecular complexity index is 2340. The number of aromatic nitrogens is 1. The summed E-state index contributed by atoms with van der Waals surface area (Å²) in [6, 6.07) is 44.6. The fraction of sp³-hybridized carbons (Fsp3) is 0. The number of anilines is 1. The van der Waals surface area contributed by atoms with Crippen LogP contribution in [-0.4, -0.2) is 16.4 Å². The zero-order valence-electron chi connectivity index (χ0n) is 23.4. The average Bonchev–Trinajstić information content (AvgIpc) is 3.55. The van der Waals surface area contributed by atoms with E-state index in [4.69, 9.17) is 6.57 Å². The summed E-state index contributed by atoms with van der Waals surface area (Å²) in [7, 11) is 0. The van der Waals surface area contributed by atoms with E-state index in [9.17, 15) is 9.59 Å². The maximum atomic E-state index is 14.4. The molecule has 8 rings (SSSR count). The minimum atomic E-state index is -0.357. The van der Waals surface area contributed by atoms with Gasteiger partial charge in [0.05, 0.1) is 40.1 Å². The van der Waals surface area contributed by atoms with Crippen molar-refractivity contribution in [3.8, 4) is 27.9 Å². The standard InChI is InChI=1S/C39H23N3O2/c1-40-32-18-8-5-14-27(32)26-22-23-30-29-16-7-10-20-34(29)41(36(30)24-26)35-21-11-17-31-37(35)39(44)42(38(31)43)33-19-9-6-15-28(33)25-12-3-2-4-13-25/h2-24H. The predicted octanol–water partition coefficient (Wildman–Crippen LogP) is 9.47. The Morgan fingerprint density at radius 2 is 1.16 bits per heavy atom. The number of para-hydroxylation sites is 3. The number of hydrogen-bond acceptors (Lipinski definition) is 2. The Kier molecular flexibility index (Phi) is 5.75. The molecule has 1 aliphatic heterocycles. The molecule has 0 bridgehead atoms. The van der Waals surface area contributed by atoms with Crippen molar-refractivity contribution in [2.75, 3.05) is 4.90 Å². The van der Waals surface area contributed by atoms with E-state index in [-0.39, 0.29) is 11.8 Å². The van der Waals surface area contributed by atoms with Crippen LogP contribution in [0.4, 0.5) is 11.4 Å². The first-order valence-electron chi connectivity index (χ1n) is 14.3. The van der Waals surface area contributed by atoms with Crippen LogP contribution in [0.25, 0.3) is 54.6 Å². The van der Waals surface area contributed by atoms with Crippen LogP contribution >= 0.6 is 0 Å². The number of nitrogens with zero attached hydrogens (tertiary/aromatic N) is 3. The molecular weight excluding hydrogens is 542 g/mol. The number of fused-ring (bicyclic) bond motifs is 4. The summed E-state index contributed by atoms with van der Waals surface area (Å²) in [4.78, 5) is 33.5. The van der Waals surface area contributed by atoms with Gasteiger partial charge in [-0.15, -0.1) is 0 Å². The number of hydrogen-bond donors (Lipinski definition) is 0. The lowest BCUT2D eigenvalue weighted by Gasteiger charge is -2.18. The fourth-order valence-electron chi connectivity index (χ4n) is 6.42. The molecule has 0 aliphatic carbocycles. The molecule has 0 radical (unpaired) electrons. The van der Waals surface area contributed by atoms with Crippen LogP contribution in [0.5, 0.6) is 0 Å². The molecule has 1 aromatic heterocycles. The molecule has 44 heavy (non-hydrogen) atoms. The summed E-state index contributed by atoms with van der Waals surface area (Å²) in [6.45, 7) is 7.69. The van der Waals surface area contributed by atoms with Gasteiger partial charge in [0.15, 0.2) is 5.69 Å². The second-order valence-corrected chi connectivity index (χ2v) is 10.7. The van der Waals surface area contributed by atoms with Gasteiger partial charge in [-0.1, -0.05) is 109 Å². The molecule has 0 N–H and O–H groups in total. The third-order valence-corrected chi connectivity index (χ3v) is 8.37. The van der Waals surface area contributed by atoms with Gasteiger partial charge in [0.1, 0.15) is 0 Å². The Hall–Kier alpha value is -6.25. The van der Waals surface area contributed by atoms with E-state index in [0.29, 0.717) is 28.2 Å². The predicted molar refractivity (Wildman–Crippen MR) is 175 cm³/mol. The largest absolute Gasteiger partial charge is 0.308 e. The first-order chi connectivity index (χ1) is 21.7. The van der Waals surface area contributed by atoms with Crippen LogP contribution in [-0.2, 0) is 0 Å². The third-order valence-electron chi connectivity index (χ3n) is 8.37. The van der Waals surface area contributed by atoms with E-state index in [1.807, 2.05) is 115 Å². The Labute approximate surface area is 253 Å². The van der Waals surface area contributed by atoms with Crippen molar-refractivity contribution in [2.24, 2.45) is 0 Å². The highest BCUT2D eigenvalue weighted by Gasteiger charge is 2.40. The molecule has 0 atom stereocenters. The Morgan fingerprint density at radius 1 is 0.500 bits per heavy atom. The van der Waals surface area contributed by atoms with Crippen LogP contribution < -0.4 is 4.90 Å². The summed E-state index contributed by atoms with van der Waals surface area (Å²) >= 11 is 0. The Morgan fingerprint density at radius 3 is 2.00 bits per heavy atom. The summed E-state index contributed by atoms with van der Waals surface area (Å²) in [6.07, 6.45) is 0. The van der Waals surface area contributed by atoms with Crippen molar-refractivity contribution < 1.29 is 9.59 Å². The van der Waals surface area contributed by atoms with Crippen molar-refractivity contribution in [3.05, 3.63) is 162 Å². The summed E-state index contributed by atoms with van der Waals surface area (Å²) in [5.74, 6) is -0.702. The number of amides is 2. The molecule has 1 aliphatic rings. The molecule has 7 aromatic rings. The lowest BCUT2D eigenvalue weighted by molar-refractivity contribution is 0.0926. The second-order valence-electron chi connectivity index (χ2n) is 10.7. The lowest BCUT2D eigenvalue weighted by Crippen LogP contribution is -2.30. The van der Waals surface area contributed by atoms with Gasteiger partial charge in [-0.2, -0.15) is 0 Å². The van der Waals surface area contributed by atoms with Crippen LogP contribution in [0.3, 0.4) is 0 Å². The summed E-state index contributed by atoms with van der Waals surface area (Å²) in [5.41, 5.74) is 7.80. The second kappa shape index (κ2) is 9.94. The molecule has 0 unspecified atom stereocenters. The number of carbonyl (C=O) groups is 2. The number of benzene rings is 6. The number of carbonyl (C=O) groups excluding carboxylic acids is 2. The quantitative estimate of drug-likeness (QED) is 0.158. The average molecular weight is 566 g/mol. The highest BCUT2D eigenvalue weighted by molar-refractivity contribution is 6.36. The highest BCUT2D eigenvalue weighted by atomic mass is 16.2. The summed E-state index contributed by atoms with van der Waals surface area (Å²) < 4.78 is 2.07. The molecule has 6 aromatic carbocycles. The summed E-state index contributed by atoms with van der Waals surface area (Å²) in [5, 5.41) is 2.05. The van der Waals surface area contributed by atoms with Crippen molar-refractivity contribution in [1.82, 2.24) is 4.57 Å². The third kappa shape index (κ3) is 3.72. The van der Waals surface area contributed by atoms with Crippen molar-refractivity contribution in [2.45, 2.75) is 0 Å². The van der Waals surface area contributed by atoms with E-state index >= 15 is 0 Å². The molecule has 5 heteroatoms. The zero-order chi connectivity index (χ0) is 29.8. The molecule has 206 valence electrons. The Balaban J connectivity index is 1.36. The monoisotopic (exact) mass is 565 g/mol. The van der Waals surface area contributed by atoms with E-state index < -0.39 is 0 Å². The molecule has 2 heterocycles. The minimum absolute atomic E-state index is 0.345.